The highest BCUT2D eigenvalue weighted by Gasteiger charge is 2.05. The molecule has 0 aromatic rings. The Morgan fingerprint density at radius 3 is 2.15 bits per heavy atom. The molecule has 0 saturated heterocycles. The lowest BCUT2D eigenvalue weighted by molar-refractivity contribution is 0.136. The lowest BCUT2D eigenvalue weighted by Crippen LogP contribution is -2.09. The lowest BCUT2D eigenvalue weighted by atomic mass is 10.0. The van der Waals surface area contributed by atoms with Crippen LogP contribution >= 0.6 is 0 Å². The van der Waals surface area contributed by atoms with Gasteiger partial charge in [0.25, 0.3) is 0 Å². The number of unbranched alkanes of at least 4 members (excludes halogenated alkanes) is 4. The van der Waals surface area contributed by atoms with Crippen molar-refractivity contribution in [3.8, 4) is 0 Å². The second-order valence-corrected chi connectivity index (χ2v) is 4.49. The number of aliphatic hydroxyl groups excluding tert-OH is 1. The van der Waals surface area contributed by atoms with Crippen molar-refractivity contribution in [1.29, 1.82) is 0 Å². The molecule has 0 aliphatic carbocycles. The summed E-state index contributed by atoms with van der Waals surface area (Å²) in [6.45, 7) is 6.56. The summed E-state index contributed by atoms with van der Waals surface area (Å²) >= 11 is 0. The summed E-state index contributed by atoms with van der Waals surface area (Å²) in [4.78, 5) is 0. The van der Waals surface area contributed by atoms with E-state index >= 15 is 0 Å². The van der Waals surface area contributed by atoms with Crippen molar-refractivity contribution in [1.82, 2.24) is 0 Å². The third kappa shape index (κ3) is 9.88. The molecule has 0 aromatic carbocycles. The Labute approximate surface area is 83.5 Å². The van der Waals surface area contributed by atoms with E-state index in [-0.39, 0.29) is 6.10 Å². The maximum absolute atomic E-state index is 9.58. The average Bonchev–Trinajstić information content (AvgIpc) is 2.02. The van der Waals surface area contributed by atoms with Crippen LogP contribution in [0.25, 0.3) is 0 Å². The summed E-state index contributed by atoms with van der Waals surface area (Å²) < 4.78 is 0. The van der Waals surface area contributed by atoms with Crippen molar-refractivity contribution in [2.24, 2.45) is 5.92 Å². The van der Waals surface area contributed by atoms with Crippen LogP contribution in [0.5, 0.6) is 0 Å². The fourth-order valence-electron chi connectivity index (χ4n) is 1.65. The Hall–Kier alpha value is -0.0400. The highest BCUT2D eigenvalue weighted by atomic mass is 16.3. The summed E-state index contributed by atoms with van der Waals surface area (Å²) in [6.07, 6.45) is 8.40. The highest BCUT2D eigenvalue weighted by molar-refractivity contribution is 4.58. The molecule has 0 aliphatic heterocycles. The van der Waals surface area contributed by atoms with Crippen LogP contribution in [0.4, 0.5) is 0 Å². The van der Waals surface area contributed by atoms with E-state index in [1.165, 1.54) is 32.1 Å². The van der Waals surface area contributed by atoms with E-state index < -0.39 is 0 Å². The van der Waals surface area contributed by atoms with Crippen LogP contribution in [0.2, 0.25) is 0 Å². The van der Waals surface area contributed by atoms with Gasteiger partial charge in [-0.15, -0.1) is 0 Å². The standard InChI is InChI=1S/C12H26O/c1-4-5-6-7-8-9-12(13)10-11(2)3/h11-13H,4-10H2,1-3H3. The Kier molecular flexibility index (Phi) is 8.53. The van der Waals surface area contributed by atoms with Gasteiger partial charge in [0.1, 0.15) is 0 Å². The zero-order chi connectivity index (χ0) is 10.1. The van der Waals surface area contributed by atoms with E-state index in [1.54, 1.807) is 0 Å². The lowest BCUT2D eigenvalue weighted by Gasteiger charge is -2.12. The fourth-order valence-corrected chi connectivity index (χ4v) is 1.65. The molecule has 0 fully saturated rings. The first-order valence-electron chi connectivity index (χ1n) is 5.84. The van der Waals surface area contributed by atoms with E-state index in [0.717, 1.165) is 12.8 Å². The molecule has 1 heteroatoms. The van der Waals surface area contributed by atoms with Crippen molar-refractivity contribution < 1.29 is 5.11 Å². The molecule has 0 spiro atoms. The molecule has 80 valence electrons. The van der Waals surface area contributed by atoms with Gasteiger partial charge in [0.15, 0.2) is 0 Å². The summed E-state index contributed by atoms with van der Waals surface area (Å²) in [6, 6.07) is 0. The molecule has 1 N–H and O–H groups in total. The van der Waals surface area contributed by atoms with Gasteiger partial charge < -0.3 is 5.11 Å². The van der Waals surface area contributed by atoms with Crippen molar-refractivity contribution in [3.05, 3.63) is 0 Å². The van der Waals surface area contributed by atoms with Gasteiger partial charge in [-0.05, 0) is 18.8 Å². The third-order valence-corrected chi connectivity index (χ3v) is 2.38. The molecule has 0 aromatic heterocycles. The number of rotatable bonds is 8. The first-order chi connectivity index (χ1) is 6.16. The molecule has 13 heavy (non-hydrogen) atoms. The van der Waals surface area contributed by atoms with Gasteiger partial charge in [-0.3, -0.25) is 0 Å². The molecule has 0 rings (SSSR count). The zero-order valence-corrected chi connectivity index (χ0v) is 9.55. The van der Waals surface area contributed by atoms with Gasteiger partial charge in [0, 0.05) is 0 Å². The van der Waals surface area contributed by atoms with Crippen LogP contribution in [0.15, 0.2) is 0 Å². The van der Waals surface area contributed by atoms with Crippen molar-refractivity contribution >= 4 is 0 Å². The topological polar surface area (TPSA) is 20.2 Å². The maximum atomic E-state index is 9.58. The molecule has 1 unspecified atom stereocenters. The minimum atomic E-state index is -0.0540. The van der Waals surface area contributed by atoms with E-state index in [1.807, 2.05) is 0 Å². The molecule has 1 nitrogen and oxygen atoms in total. The molecule has 0 aliphatic rings. The monoisotopic (exact) mass is 186 g/mol. The summed E-state index contributed by atoms with van der Waals surface area (Å²) in [7, 11) is 0. The average molecular weight is 186 g/mol. The number of aliphatic hydroxyl groups is 1. The van der Waals surface area contributed by atoms with Gasteiger partial charge in [0.2, 0.25) is 0 Å². The normalized spacial score (nSPS) is 13.6. The van der Waals surface area contributed by atoms with E-state index in [9.17, 15) is 5.11 Å². The van der Waals surface area contributed by atoms with Gasteiger partial charge in [0.05, 0.1) is 6.10 Å². The van der Waals surface area contributed by atoms with E-state index in [0.29, 0.717) is 5.92 Å². The SMILES string of the molecule is CCCCCCCC(O)CC(C)C. The highest BCUT2D eigenvalue weighted by Crippen LogP contribution is 2.12. The molecule has 0 bridgehead atoms. The first kappa shape index (κ1) is 13.0. The Balaban J connectivity index is 3.12. The predicted molar refractivity (Wildman–Crippen MR) is 58.8 cm³/mol. The number of hydrogen-bond donors (Lipinski definition) is 1. The smallest absolute Gasteiger partial charge is 0.0542 e. The molecule has 0 saturated carbocycles. The molecular weight excluding hydrogens is 160 g/mol. The van der Waals surface area contributed by atoms with Crippen LogP contribution in [0.1, 0.15) is 65.7 Å². The predicted octanol–water partition coefficient (Wildman–Crippen LogP) is 3.75. The maximum Gasteiger partial charge on any atom is 0.0542 e. The Morgan fingerprint density at radius 2 is 1.62 bits per heavy atom. The Morgan fingerprint density at radius 1 is 1.00 bits per heavy atom. The second-order valence-electron chi connectivity index (χ2n) is 4.49. The summed E-state index contributed by atoms with van der Waals surface area (Å²) in [5.74, 6) is 0.630. The molecular formula is C12H26O. The van der Waals surface area contributed by atoms with Crippen LogP contribution in [0, 0.1) is 5.92 Å². The van der Waals surface area contributed by atoms with Gasteiger partial charge >= 0.3 is 0 Å². The fraction of sp³-hybridized carbons (Fsp3) is 1.00. The van der Waals surface area contributed by atoms with E-state index in [2.05, 4.69) is 20.8 Å². The van der Waals surface area contributed by atoms with Gasteiger partial charge in [-0.2, -0.15) is 0 Å². The summed E-state index contributed by atoms with van der Waals surface area (Å²) in [5.41, 5.74) is 0. The molecule has 0 radical (unpaired) electrons. The largest absolute Gasteiger partial charge is 0.393 e. The van der Waals surface area contributed by atoms with Gasteiger partial charge in [-0.25, -0.2) is 0 Å². The minimum absolute atomic E-state index is 0.0540. The Bertz CT molecular complexity index is 99.3. The molecule has 1 atom stereocenters. The van der Waals surface area contributed by atoms with Crippen LogP contribution in [-0.4, -0.2) is 11.2 Å². The van der Waals surface area contributed by atoms with Crippen molar-refractivity contribution in [3.63, 3.8) is 0 Å². The summed E-state index contributed by atoms with van der Waals surface area (Å²) in [5, 5.41) is 9.58. The molecule has 0 amide bonds. The first-order valence-corrected chi connectivity index (χ1v) is 5.84. The van der Waals surface area contributed by atoms with Crippen LogP contribution < -0.4 is 0 Å². The van der Waals surface area contributed by atoms with Gasteiger partial charge in [-0.1, -0.05) is 52.9 Å². The number of hydrogen-bond acceptors (Lipinski definition) is 1. The van der Waals surface area contributed by atoms with Crippen molar-refractivity contribution in [2.45, 2.75) is 71.8 Å². The van der Waals surface area contributed by atoms with Crippen LogP contribution in [0.3, 0.4) is 0 Å². The van der Waals surface area contributed by atoms with Crippen molar-refractivity contribution in [2.75, 3.05) is 0 Å². The minimum Gasteiger partial charge on any atom is -0.393 e. The van der Waals surface area contributed by atoms with E-state index in [4.69, 9.17) is 0 Å². The quantitative estimate of drug-likeness (QED) is 0.572. The third-order valence-electron chi connectivity index (χ3n) is 2.38. The van der Waals surface area contributed by atoms with Crippen LogP contribution in [-0.2, 0) is 0 Å². The molecule has 0 heterocycles. The zero-order valence-electron chi connectivity index (χ0n) is 9.55. The second kappa shape index (κ2) is 8.55.